The van der Waals surface area contributed by atoms with Crippen LogP contribution in [0, 0.1) is 5.92 Å². The number of aliphatic carboxylic acids is 1. The number of hydrogen-bond acceptors (Lipinski definition) is 4. The number of carbonyl (C=O) groups is 1. The van der Waals surface area contributed by atoms with Crippen LogP contribution >= 0.6 is 37.9 Å². The molecule has 0 amide bonds. The Labute approximate surface area is 83.0 Å². The van der Waals surface area contributed by atoms with E-state index in [-0.39, 0.29) is 0 Å². The van der Waals surface area contributed by atoms with Crippen LogP contribution in [0.1, 0.15) is 19.8 Å². The van der Waals surface area contributed by atoms with Crippen LogP contribution in [0.5, 0.6) is 0 Å². The Hall–Kier alpha value is 0.520. The molecule has 1 unspecified atom stereocenters. The highest BCUT2D eigenvalue weighted by molar-refractivity contribution is 8.17. The van der Waals surface area contributed by atoms with Crippen molar-refractivity contribution in [2.45, 2.75) is 23.2 Å². The van der Waals surface area contributed by atoms with Crippen molar-refractivity contribution < 1.29 is 9.90 Å². The Morgan fingerprint density at radius 3 is 2.09 bits per heavy atom. The minimum atomic E-state index is -1.03. The fraction of sp³-hybridized carbons (Fsp3) is 0.833. The largest absolute Gasteiger partial charge is 0.481 e. The van der Waals surface area contributed by atoms with E-state index in [1.807, 2.05) is 6.92 Å². The molecule has 11 heavy (non-hydrogen) atoms. The van der Waals surface area contributed by atoms with E-state index < -0.39 is 15.3 Å². The Balaban J connectivity index is 4.22. The van der Waals surface area contributed by atoms with E-state index in [4.69, 9.17) is 5.11 Å². The molecule has 0 fully saturated rings. The van der Waals surface area contributed by atoms with Crippen LogP contribution in [0.25, 0.3) is 0 Å². The molecule has 1 atom stereocenters. The van der Waals surface area contributed by atoms with Crippen LogP contribution in [0.4, 0.5) is 0 Å². The summed E-state index contributed by atoms with van der Waals surface area (Å²) in [5.41, 5.74) is 0. The molecule has 0 saturated carbocycles. The zero-order chi connectivity index (χ0) is 9.07. The van der Waals surface area contributed by atoms with Gasteiger partial charge in [0.15, 0.2) is 0 Å². The molecule has 0 aliphatic rings. The molecule has 0 aliphatic carbocycles. The summed E-state index contributed by atoms with van der Waals surface area (Å²) in [4.78, 5) is 10.6. The minimum Gasteiger partial charge on any atom is -0.481 e. The summed E-state index contributed by atoms with van der Waals surface area (Å²) in [6.45, 7) is 1.91. The van der Waals surface area contributed by atoms with Gasteiger partial charge in [0.1, 0.15) is 3.41 Å². The average molecular weight is 212 g/mol. The predicted molar refractivity (Wildman–Crippen MR) is 55.7 cm³/mol. The summed E-state index contributed by atoms with van der Waals surface area (Å²) in [6, 6.07) is 0. The fourth-order valence-corrected chi connectivity index (χ4v) is 1.49. The zero-order valence-electron chi connectivity index (χ0n) is 6.19. The van der Waals surface area contributed by atoms with Gasteiger partial charge in [0.2, 0.25) is 0 Å². The van der Waals surface area contributed by atoms with Crippen molar-refractivity contribution >= 4 is 43.9 Å². The zero-order valence-corrected chi connectivity index (χ0v) is 8.87. The SMILES string of the molecule is CCCC(C(=O)O)C(S)(S)S. The molecule has 0 radical (unpaired) electrons. The van der Waals surface area contributed by atoms with Crippen molar-refractivity contribution in [1.29, 1.82) is 0 Å². The van der Waals surface area contributed by atoms with E-state index in [9.17, 15) is 4.79 Å². The van der Waals surface area contributed by atoms with Gasteiger partial charge < -0.3 is 5.11 Å². The molecular weight excluding hydrogens is 200 g/mol. The normalized spacial score (nSPS) is 14.5. The van der Waals surface area contributed by atoms with Gasteiger partial charge in [-0.25, -0.2) is 0 Å². The summed E-state index contributed by atoms with van der Waals surface area (Å²) < 4.78 is -1.03. The molecule has 0 saturated heterocycles. The molecule has 0 aliphatic heterocycles. The lowest BCUT2D eigenvalue weighted by Crippen LogP contribution is -2.27. The van der Waals surface area contributed by atoms with Crippen molar-refractivity contribution in [1.82, 2.24) is 0 Å². The van der Waals surface area contributed by atoms with E-state index in [0.29, 0.717) is 6.42 Å². The van der Waals surface area contributed by atoms with Gasteiger partial charge in [0.05, 0.1) is 5.92 Å². The van der Waals surface area contributed by atoms with Crippen LogP contribution in [0.2, 0.25) is 0 Å². The lowest BCUT2D eigenvalue weighted by atomic mass is 10.1. The topological polar surface area (TPSA) is 37.3 Å². The monoisotopic (exact) mass is 212 g/mol. The van der Waals surface area contributed by atoms with Crippen molar-refractivity contribution in [3.8, 4) is 0 Å². The third-order valence-electron chi connectivity index (χ3n) is 1.34. The van der Waals surface area contributed by atoms with E-state index in [1.54, 1.807) is 0 Å². The second-order valence-electron chi connectivity index (χ2n) is 2.37. The highest BCUT2D eigenvalue weighted by Crippen LogP contribution is 2.36. The quantitative estimate of drug-likeness (QED) is 0.425. The van der Waals surface area contributed by atoms with Gasteiger partial charge >= 0.3 is 5.97 Å². The smallest absolute Gasteiger partial charge is 0.309 e. The number of carboxylic acid groups (broad SMARTS) is 1. The van der Waals surface area contributed by atoms with E-state index in [0.717, 1.165) is 6.42 Å². The van der Waals surface area contributed by atoms with Gasteiger partial charge in [-0.15, -0.1) is 0 Å². The second kappa shape index (κ2) is 4.52. The summed E-state index contributed by atoms with van der Waals surface area (Å²) in [5.74, 6) is -1.51. The first-order valence-corrected chi connectivity index (χ1v) is 4.63. The molecule has 0 aromatic rings. The maximum Gasteiger partial charge on any atom is 0.309 e. The molecule has 0 aromatic carbocycles. The summed E-state index contributed by atoms with van der Waals surface area (Å²) in [5, 5.41) is 8.69. The van der Waals surface area contributed by atoms with Gasteiger partial charge in [-0.3, -0.25) is 4.79 Å². The molecule has 5 heteroatoms. The Kier molecular flexibility index (Phi) is 4.74. The molecule has 66 valence electrons. The molecule has 0 aromatic heterocycles. The average Bonchev–Trinajstić information content (AvgIpc) is 1.79. The van der Waals surface area contributed by atoms with Crippen molar-refractivity contribution in [2.24, 2.45) is 5.92 Å². The first-order valence-electron chi connectivity index (χ1n) is 3.29. The highest BCUT2D eigenvalue weighted by atomic mass is 32.2. The van der Waals surface area contributed by atoms with Crippen LogP contribution in [-0.2, 0) is 4.79 Å². The Bertz CT molecular complexity index is 141. The molecule has 0 spiro atoms. The van der Waals surface area contributed by atoms with Crippen LogP contribution in [0.15, 0.2) is 0 Å². The summed E-state index contributed by atoms with van der Waals surface area (Å²) in [6.07, 6.45) is 1.34. The van der Waals surface area contributed by atoms with Crippen molar-refractivity contribution in [3.05, 3.63) is 0 Å². The third-order valence-corrected chi connectivity index (χ3v) is 2.28. The number of rotatable bonds is 4. The standard InChI is InChI=1S/C6H12O2S3/c1-2-3-4(5(7)8)6(9,10)11/h4,9-11H,2-3H2,1H3,(H,7,8). The van der Waals surface area contributed by atoms with Gasteiger partial charge in [0, 0.05) is 0 Å². The lowest BCUT2D eigenvalue weighted by Gasteiger charge is -2.23. The molecule has 0 rings (SSSR count). The van der Waals surface area contributed by atoms with Gasteiger partial charge in [0.25, 0.3) is 0 Å². The number of carboxylic acids is 1. The van der Waals surface area contributed by atoms with Crippen molar-refractivity contribution in [2.75, 3.05) is 0 Å². The van der Waals surface area contributed by atoms with E-state index >= 15 is 0 Å². The van der Waals surface area contributed by atoms with Gasteiger partial charge in [-0.2, -0.15) is 37.9 Å². The van der Waals surface area contributed by atoms with Crippen LogP contribution < -0.4 is 0 Å². The van der Waals surface area contributed by atoms with Crippen LogP contribution in [0.3, 0.4) is 0 Å². The van der Waals surface area contributed by atoms with Crippen molar-refractivity contribution in [3.63, 3.8) is 0 Å². The van der Waals surface area contributed by atoms with E-state index in [1.165, 1.54) is 0 Å². The molecule has 2 nitrogen and oxygen atoms in total. The van der Waals surface area contributed by atoms with Crippen LogP contribution in [-0.4, -0.2) is 14.5 Å². The Morgan fingerprint density at radius 1 is 1.55 bits per heavy atom. The molecule has 1 N–H and O–H groups in total. The fourth-order valence-electron chi connectivity index (χ4n) is 0.771. The predicted octanol–water partition coefficient (Wildman–Crippen LogP) is 1.93. The lowest BCUT2D eigenvalue weighted by molar-refractivity contribution is -0.141. The van der Waals surface area contributed by atoms with Gasteiger partial charge in [-0.1, -0.05) is 13.3 Å². The molecule has 0 heterocycles. The van der Waals surface area contributed by atoms with Gasteiger partial charge in [-0.05, 0) is 6.42 Å². The first-order chi connectivity index (χ1) is 4.89. The molecular formula is C6H12O2S3. The maximum atomic E-state index is 10.6. The highest BCUT2D eigenvalue weighted by Gasteiger charge is 2.33. The third kappa shape index (κ3) is 4.18. The summed E-state index contributed by atoms with van der Waals surface area (Å²) >= 11 is 11.9. The summed E-state index contributed by atoms with van der Waals surface area (Å²) in [7, 11) is 0. The number of hydrogen-bond donors (Lipinski definition) is 4. The minimum absolute atomic E-state index is 0.547. The first kappa shape index (κ1) is 11.5. The second-order valence-corrected chi connectivity index (χ2v) is 5.54. The van der Waals surface area contributed by atoms with E-state index in [2.05, 4.69) is 37.9 Å². The maximum absolute atomic E-state index is 10.6. The Morgan fingerprint density at radius 2 is 2.00 bits per heavy atom. The number of thiol groups is 3. The molecule has 0 bridgehead atoms.